The average molecular weight is 463 g/mol. The second kappa shape index (κ2) is 8.84. The zero-order valence-electron chi connectivity index (χ0n) is 16.8. The number of nitrogens with zero attached hydrogens (tertiary/aromatic N) is 1. The molecule has 0 amide bonds. The number of benzene rings is 3. The Morgan fingerprint density at radius 2 is 1.59 bits per heavy atom. The molecule has 1 unspecified atom stereocenters. The number of anilines is 2. The van der Waals surface area contributed by atoms with E-state index in [1.165, 1.54) is 0 Å². The van der Waals surface area contributed by atoms with Gasteiger partial charge in [0.25, 0.3) is 0 Å². The third kappa shape index (κ3) is 5.23. The maximum Gasteiger partial charge on any atom is 0.416 e. The van der Waals surface area contributed by atoms with Gasteiger partial charge < -0.3 is 9.47 Å². The van der Waals surface area contributed by atoms with Crippen molar-refractivity contribution in [2.24, 2.45) is 0 Å². The molecule has 9 heteroatoms. The van der Waals surface area contributed by atoms with Crippen molar-refractivity contribution in [2.75, 3.05) is 17.5 Å². The van der Waals surface area contributed by atoms with Crippen LogP contribution in [0, 0.1) is 0 Å². The lowest BCUT2D eigenvalue weighted by Gasteiger charge is -2.27. The van der Waals surface area contributed by atoms with Crippen LogP contribution in [0.4, 0.5) is 24.5 Å². The van der Waals surface area contributed by atoms with E-state index in [1.54, 1.807) is 60.7 Å². The van der Waals surface area contributed by atoms with Crippen molar-refractivity contribution in [3.8, 4) is 5.75 Å². The van der Waals surface area contributed by atoms with E-state index in [0.29, 0.717) is 12.2 Å². The van der Waals surface area contributed by atoms with Crippen molar-refractivity contribution in [3.05, 3.63) is 90.0 Å². The maximum absolute atomic E-state index is 13.5. The first kappa shape index (κ1) is 22.2. The summed E-state index contributed by atoms with van der Waals surface area (Å²) in [6.07, 6.45) is -4.82. The van der Waals surface area contributed by atoms with E-state index in [1.807, 2.05) is 0 Å². The Labute approximate surface area is 184 Å². The number of halogens is 3. The largest absolute Gasteiger partial charge is 0.489 e. The zero-order valence-corrected chi connectivity index (χ0v) is 17.6. The smallest absolute Gasteiger partial charge is 0.416 e. The Hall–Kier alpha value is -3.04. The number of hydrogen-bond acceptors (Lipinski definition) is 4. The number of ether oxygens (including phenoxy) is 2. The van der Waals surface area contributed by atoms with Crippen LogP contribution in [0.15, 0.2) is 78.9 Å². The standard InChI is InChI=1S/C23H20F3NO4S/c24-23(25,26)18-11-12-21(22(13-18)31-15-20-14-30-20)27(19-9-5-2-6-10-19)32(28,29)16-17-7-3-1-4-8-17/h1-13,20H,14-16H2. The van der Waals surface area contributed by atoms with Gasteiger partial charge in [0, 0.05) is 0 Å². The summed E-state index contributed by atoms with van der Waals surface area (Å²) in [5.74, 6) is -0.523. The molecule has 1 atom stereocenters. The predicted molar refractivity (Wildman–Crippen MR) is 114 cm³/mol. The number of sulfonamides is 1. The second-order valence-electron chi connectivity index (χ2n) is 7.29. The van der Waals surface area contributed by atoms with Crippen LogP contribution in [-0.4, -0.2) is 27.7 Å². The number of hydrogen-bond donors (Lipinski definition) is 0. The van der Waals surface area contributed by atoms with Crippen molar-refractivity contribution >= 4 is 21.4 Å². The van der Waals surface area contributed by atoms with Gasteiger partial charge in [0.2, 0.25) is 10.0 Å². The molecule has 1 heterocycles. The van der Waals surface area contributed by atoms with Crippen LogP contribution in [0.3, 0.4) is 0 Å². The minimum Gasteiger partial charge on any atom is -0.489 e. The maximum atomic E-state index is 13.5. The van der Waals surface area contributed by atoms with Crippen molar-refractivity contribution in [1.82, 2.24) is 0 Å². The van der Waals surface area contributed by atoms with Crippen LogP contribution >= 0.6 is 0 Å². The highest BCUT2D eigenvalue weighted by atomic mass is 32.2. The predicted octanol–water partition coefficient (Wildman–Crippen LogP) is 5.15. The van der Waals surface area contributed by atoms with E-state index in [0.717, 1.165) is 22.5 Å². The summed E-state index contributed by atoms with van der Waals surface area (Å²) >= 11 is 0. The van der Waals surface area contributed by atoms with Gasteiger partial charge in [-0.25, -0.2) is 12.7 Å². The molecule has 5 nitrogen and oxygen atoms in total. The number of rotatable bonds is 8. The molecule has 3 aromatic rings. The van der Waals surface area contributed by atoms with E-state index in [9.17, 15) is 21.6 Å². The lowest BCUT2D eigenvalue weighted by Crippen LogP contribution is -2.28. The Bertz CT molecular complexity index is 1160. The molecule has 1 saturated heterocycles. The monoisotopic (exact) mass is 463 g/mol. The Balaban J connectivity index is 1.81. The van der Waals surface area contributed by atoms with Crippen molar-refractivity contribution in [1.29, 1.82) is 0 Å². The minimum atomic E-state index is -4.60. The highest BCUT2D eigenvalue weighted by Crippen LogP contribution is 2.41. The summed E-state index contributed by atoms with van der Waals surface area (Å²) in [7, 11) is -4.03. The third-order valence-corrected chi connectivity index (χ3v) is 6.46. The van der Waals surface area contributed by atoms with Gasteiger partial charge in [-0.15, -0.1) is 0 Å². The Kier molecular flexibility index (Phi) is 6.12. The number of epoxide rings is 1. The van der Waals surface area contributed by atoms with E-state index in [2.05, 4.69) is 0 Å². The Morgan fingerprint density at radius 1 is 0.969 bits per heavy atom. The number of para-hydroxylation sites is 1. The van der Waals surface area contributed by atoms with Crippen molar-refractivity contribution < 1.29 is 31.1 Å². The highest BCUT2D eigenvalue weighted by molar-refractivity contribution is 7.92. The molecule has 0 N–H and O–H groups in total. The van der Waals surface area contributed by atoms with Crippen LogP contribution in [0.25, 0.3) is 0 Å². The summed E-state index contributed by atoms with van der Waals surface area (Å²) in [4.78, 5) is 0. The molecule has 1 aliphatic rings. The summed E-state index contributed by atoms with van der Waals surface area (Å²) in [6.45, 7) is 0.471. The molecule has 1 aliphatic heterocycles. The molecule has 0 spiro atoms. The van der Waals surface area contributed by atoms with Crippen LogP contribution in [0.2, 0.25) is 0 Å². The molecular formula is C23H20F3NO4S. The molecule has 3 aromatic carbocycles. The van der Waals surface area contributed by atoms with Crippen LogP contribution in [0.5, 0.6) is 5.75 Å². The lowest BCUT2D eigenvalue weighted by molar-refractivity contribution is -0.137. The van der Waals surface area contributed by atoms with Gasteiger partial charge in [0.15, 0.2) is 0 Å². The molecular weight excluding hydrogens is 443 g/mol. The van der Waals surface area contributed by atoms with Crippen molar-refractivity contribution in [2.45, 2.75) is 18.0 Å². The van der Waals surface area contributed by atoms with Crippen molar-refractivity contribution in [3.63, 3.8) is 0 Å². The average Bonchev–Trinajstić information content (AvgIpc) is 3.58. The van der Waals surface area contributed by atoms with Crippen LogP contribution < -0.4 is 9.04 Å². The van der Waals surface area contributed by atoms with Gasteiger partial charge in [-0.1, -0.05) is 48.5 Å². The molecule has 1 fully saturated rings. The molecule has 0 aliphatic carbocycles. The van der Waals surface area contributed by atoms with Gasteiger partial charge >= 0.3 is 6.18 Å². The van der Waals surface area contributed by atoms with E-state index in [4.69, 9.17) is 9.47 Å². The van der Waals surface area contributed by atoms with Crippen LogP contribution in [-0.2, 0) is 26.7 Å². The summed E-state index contributed by atoms with van der Waals surface area (Å²) in [5.41, 5.74) is -0.0906. The molecule has 0 aromatic heterocycles. The molecule has 4 rings (SSSR count). The lowest BCUT2D eigenvalue weighted by atomic mass is 10.1. The van der Waals surface area contributed by atoms with E-state index >= 15 is 0 Å². The molecule has 0 radical (unpaired) electrons. The quantitative estimate of drug-likeness (QED) is 0.434. The normalized spacial score (nSPS) is 15.9. The fraction of sp³-hybridized carbons (Fsp3) is 0.217. The summed E-state index contributed by atoms with van der Waals surface area (Å²) in [6, 6.07) is 19.6. The Morgan fingerprint density at radius 3 is 2.19 bits per heavy atom. The SMILES string of the molecule is O=S(=O)(Cc1ccccc1)N(c1ccccc1)c1ccc(C(F)(F)F)cc1OCC1CO1. The van der Waals surface area contributed by atoms with E-state index in [-0.39, 0.29) is 35.6 Å². The molecule has 0 bridgehead atoms. The van der Waals surface area contributed by atoms with Gasteiger partial charge in [-0.05, 0) is 35.9 Å². The van der Waals surface area contributed by atoms with Gasteiger partial charge in [-0.3, -0.25) is 0 Å². The van der Waals surface area contributed by atoms with E-state index < -0.39 is 21.8 Å². The first-order valence-corrected chi connectivity index (χ1v) is 11.4. The first-order chi connectivity index (χ1) is 15.2. The van der Waals surface area contributed by atoms with Gasteiger partial charge in [0.1, 0.15) is 18.5 Å². The van der Waals surface area contributed by atoms with Gasteiger partial charge in [-0.2, -0.15) is 13.2 Å². The zero-order chi connectivity index (χ0) is 22.8. The summed E-state index contributed by atoms with van der Waals surface area (Å²) < 4.78 is 78.8. The topological polar surface area (TPSA) is 59.1 Å². The fourth-order valence-electron chi connectivity index (χ4n) is 3.18. The van der Waals surface area contributed by atoms with Crippen LogP contribution in [0.1, 0.15) is 11.1 Å². The highest BCUT2D eigenvalue weighted by Gasteiger charge is 2.34. The second-order valence-corrected chi connectivity index (χ2v) is 9.11. The minimum absolute atomic E-state index is 0.000723. The fourth-order valence-corrected chi connectivity index (χ4v) is 4.82. The van der Waals surface area contributed by atoms with Gasteiger partial charge in [0.05, 0.1) is 29.3 Å². The molecule has 168 valence electrons. The summed E-state index contributed by atoms with van der Waals surface area (Å²) in [5, 5.41) is 0. The molecule has 32 heavy (non-hydrogen) atoms. The third-order valence-electron chi connectivity index (χ3n) is 4.79. The first-order valence-electron chi connectivity index (χ1n) is 9.82. The number of alkyl halides is 3. The molecule has 0 saturated carbocycles.